The molecule has 1 aliphatic rings. The van der Waals surface area contributed by atoms with Crippen LogP contribution in [-0.4, -0.2) is 26.7 Å². The Morgan fingerprint density at radius 2 is 2.06 bits per heavy atom. The Bertz CT molecular complexity index is 315. The van der Waals surface area contributed by atoms with Crippen LogP contribution in [0.2, 0.25) is 0 Å². The maximum Gasteiger partial charge on any atom is 0.119 e. The molecule has 1 aromatic carbocycles. The quantitative estimate of drug-likeness (QED) is 0.839. The van der Waals surface area contributed by atoms with Gasteiger partial charge in [-0.25, -0.2) is 0 Å². The summed E-state index contributed by atoms with van der Waals surface area (Å²) in [6, 6.07) is 8.15. The zero-order valence-corrected chi connectivity index (χ0v) is 10.5. The minimum absolute atomic E-state index is 0.798. The average molecular weight is 234 g/mol. The summed E-state index contributed by atoms with van der Waals surface area (Å²) >= 11 is 0. The van der Waals surface area contributed by atoms with Crippen molar-refractivity contribution in [2.24, 2.45) is 5.92 Å². The van der Waals surface area contributed by atoms with Crippen LogP contribution < -0.4 is 15.4 Å². The Morgan fingerprint density at radius 1 is 1.24 bits per heavy atom. The minimum Gasteiger partial charge on any atom is -0.497 e. The van der Waals surface area contributed by atoms with Crippen LogP contribution in [0, 0.1) is 5.92 Å². The molecule has 0 bridgehead atoms. The van der Waals surface area contributed by atoms with Crippen molar-refractivity contribution in [1.29, 1.82) is 0 Å². The van der Waals surface area contributed by atoms with Crippen molar-refractivity contribution < 1.29 is 4.74 Å². The fourth-order valence-corrected chi connectivity index (χ4v) is 2.27. The highest BCUT2D eigenvalue weighted by atomic mass is 16.5. The first kappa shape index (κ1) is 12.2. The van der Waals surface area contributed by atoms with Crippen molar-refractivity contribution in [3.63, 3.8) is 0 Å². The summed E-state index contributed by atoms with van der Waals surface area (Å²) in [7, 11) is 1.70. The van der Waals surface area contributed by atoms with E-state index < -0.39 is 0 Å². The van der Waals surface area contributed by atoms with Crippen LogP contribution in [0.1, 0.15) is 19.3 Å². The van der Waals surface area contributed by atoms with Gasteiger partial charge in [0.2, 0.25) is 0 Å². The van der Waals surface area contributed by atoms with Crippen molar-refractivity contribution >= 4 is 5.69 Å². The fourth-order valence-electron chi connectivity index (χ4n) is 2.27. The molecule has 1 atom stereocenters. The van der Waals surface area contributed by atoms with Gasteiger partial charge in [0.25, 0.3) is 0 Å². The molecule has 0 amide bonds. The van der Waals surface area contributed by atoms with E-state index in [0.29, 0.717) is 0 Å². The van der Waals surface area contributed by atoms with Gasteiger partial charge in [-0.3, -0.25) is 0 Å². The van der Waals surface area contributed by atoms with Gasteiger partial charge in [0.1, 0.15) is 5.75 Å². The first-order valence-electron chi connectivity index (χ1n) is 6.47. The molecule has 2 N–H and O–H groups in total. The van der Waals surface area contributed by atoms with Crippen LogP contribution in [0.25, 0.3) is 0 Å². The van der Waals surface area contributed by atoms with Gasteiger partial charge in [0.05, 0.1) is 7.11 Å². The first-order valence-corrected chi connectivity index (χ1v) is 6.47. The Kier molecular flexibility index (Phi) is 4.68. The molecule has 1 unspecified atom stereocenters. The normalized spacial score (nSPS) is 20.6. The molecular weight excluding hydrogens is 212 g/mol. The molecule has 0 saturated carbocycles. The highest BCUT2D eigenvalue weighted by molar-refractivity contribution is 5.46. The van der Waals surface area contributed by atoms with Crippen molar-refractivity contribution in [2.75, 3.05) is 32.1 Å². The van der Waals surface area contributed by atoms with Gasteiger partial charge in [-0.2, -0.15) is 0 Å². The third-order valence-corrected chi connectivity index (χ3v) is 3.38. The van der Waals surface area contributed by atoms with E-state index in [4.69, 9.17) is 4.74 Å². The van der Waals surface area contributed by atoms with Crippen molar-refractivity contribution in [3.05, 3.63) is 24.3 Å². The Labute approximate surface area is 104 Å². The average Bonchev–Trinajstić information content (AvgIpc) is 2.65. The lowest BCUT2D eigenvalue weighted by atomic mass is 10.0. The summed E-state index contributed by atoms with van der Waals surface area (Å²) in [5.74, 6) is 1.71. The molecule has 3 nitrogen and oxygen atoms in total. The number of benzene rings is 1. The number of methoxy groups -OCH3 is 1. The van der Waals surface area contributed by atoms with E-state index in [1.165, 1.54) is 31.5 Å². The van der Waals surface area contributed by atoms with E-state index in [0.717, 1.165) is 24.8 Å². The molecule has 3 heteroatoms. The summed E-state index contributed by atoms with van der Waals surface area (Å²) in [5, 5.41) is 6.96. The third kappa shape index (κ3) is 3.93. The van der Waals surface area contributed by atoms with Gasteiger partial charge < -0.3 is 15.4 Å². The second kappa shape index (κ2) is 6.50. The predicted octanol–water partition coefficient (Wildman–Crippen LogP) is 2.50. The molecular formula is C14H22N2O. The van der Waals surface area contributed by atoms with Crippen molar-refractivity contribution in [1.82, 2.24) is 5.32 Å². The number of ether oxygens (including phenoxy) is 1. The maximum absolute atomic E-state index is 5.14. The topological polar surface area (TPSA) is 33.3 Å². The molecule has 1 aliphatic heterocycles. The van der Waals surface area contributed by atoms with Crippen molar-refractivity contribution in [2.45, 2.75) is 19.3 Å². The Balaban J connectivity index is 1.79. The molecule has 0 aromatic heterocycles. The summed E-state index contributed by atoms with van der Waals surface area (Å²) in [4.78, 5) is 0. The third-order valence-electron chi connectivity index (χ3n) is 3.38. The molecule has 0 radical (unpaired) electrons. The van der Waals surface area contributed by atoms with E-state index >= 15 is 0 Å². The summed E-state index contributed by atoms with van der Waals surface area (Å²) in [6.45, 7) is 3.42. The number of nitrogens with one attached hydrogen (secondary N) is 2. The molecule has 17 heavy (non-hydrogen) atoms. The lowest BCUT2D eigenvalue weighted by Crippen LogP contribution is -2.17. The SMILES string of the molecule is COc1ccc(NCC2CCCNCC2)cc1. The van der Waals surface area contributed by atoms with Gasteiger partial charge in [-0.15, -0.1) is 0 Å². The number of hydrogen-bond donors (Lipinski definition) is 2. The van der Waals surface area contributed by atoms with Gasteiger partial charge in [-0.1, -0.05) is 0 Å². The van der Waals surface area contributed by atoms with Gasteiger partial charge in [0, 0.05) is 12.2 Å². The molecule has 1 aromatic rings. The van der Waals surface area contributed by atoms with Gasteiger partial charge in [-0.05, 0) is 62.5 Å². The van der Waals surface area contributed by atoms with Crippen LogP contribution in [0.15, 0.2) is 24.3 Å². The van der Waals surface area contributed by atoms with E-state index in [1.54, 1.807) is 7.11 Å². The number of anilines is 1. The molecule has 0 aliphatic carbocycles. The summed E-state index contributed by atoms with van der Waals surface area (Å²) < 4.78 is 5.14. The minimum atomic E-state index is 0.798. The van der Waals surface area contributed by atoms with Crippen LogP contribution >= 0.6 is 0 Å². The zero-order valence-electron chi connectivity index (χ0n) is 10.5. The smallest absolute Gasteiger partial charge is 0.119 e. The van der Waals surface area contributed by atoms with Crippen LogP contribution in [0.5, 0.6) is 5.75 Å². The van der Waals surface area contributed by atoms with Crippen LogP contribution in [0.4, 0.5) is 5.69 Å². The number of rotatable bonds is 4. The van der Waals surface area contributed by atoms with E-state index in [9.17, 15) is 0 Å². The van der Waals surface area contributed by atoms with E-state index in [1.807, 2.05) is 12.1 Å². The second-order valence-electron chi connectivity index (χ2n) is 4.66. The number of hydrogen-bond acceptors (Lipinski definition) is 3. The van der Waals surface area contributed by atoms with Crippen LogP contribution in [-0.2, 0) is 0 Å². The zero-order chi connectivity index (χ0) is 11.9. The van der Waals surface area contributed by atoms with Gasteiger partial charge >= 0.3 is 0 Å². The predicted molar refractivity (Wildman–Crippen MR) is 71.7 cm³/mol. The lowest BCUT2D eigenvalue weighted by molar-refractivity contribution is 0.415. The molecule has 1 saturated heterocycles. The molecule has 0 spiro atoms. The monoisotopic (exact) mass is 234 g/mol. The highest BCUT2D eigenvalue weighted by Gasteiger charge is 2.11. The summed E-state index contributed by atoms with van der Waals surface area (Å²) in [6.07, 6.45) is 3.91. The fraction of sp³-hybridized carbons (Fsp3) is 0.571. The van der Waals surface area contributed by atoms with Gasteiger partial charge in [0.15, 0.2) is 0 Å². The molecule has 1 fully saturated rings. The molecule has 94 valence electrons. The van der Waals surface area contributed by atoms with E-state index in [-0.39, 0.29) is 0 Å². The maximum atomic E-state index is 5.14. The second-order valence-corrected chi connectivity index (χ2v) is 4.66. The van der Waals surface area contributed by atoms with E-state index in [2.05, 4.69) is 22.8 Å². The lowest BCUT2D eigenvalue weighted by Gasteiger charge is -2.15. The molecule has 2 rings (SSSR count). The Hall–Kier alpha value is -1.22. The largest absolute Gasteiger partial charge is 0.497 e. The van der Waals surface area contributed by atoms with Crippen molar-refractivity contribution in [3.8, 4) is 5.75 Å². The van der Waals surface area contributed by atoms with Crippen LogP contribution in [0.3, 0.4) is 0 Å². The first-order chi connectivity index (χ1) is 8.38. The Morgan fingerprint density at radius 3 is 2.82 bits per heavy atom. The highest BCUT2D eigenvalue weighted by Crippen LogP contribution is 2.18. The standard InChI is InChI=1S/C14H22N2O/c1-17-14-6-4-13(5-7-14)16-11-12-3-2-9-15-10-8-12/h4-7,12,15-16H,2-3,8-11H2,1H3. The molecule has 1 heterocycles. The summed E-state index contributed by atoms with van der Waals surface area (Å²) in [5.41, 5.74) is 1.18.